The van der Waals surface area contributed by atoms with Gasteiger partial charge >= 0.3 is 0 Å². The van der Waals surface area contributed by atoms with Crippen molar-refractivity contribution in [1.29, 1.82) is 0 Å². The molecule has 1 saturated carbocycles. The molecule has 0 aliphatic heterocycles. The van der Waals surface area contributed by atoms with Crippen molar-refractivity contribution in [2.45, 2.75) is 24.6 Å². The fraction of sp³-hybridized carbons (Fsp3) is 0.500. The van der Waals surface area contributed by atoms with Gasteiger partial charge in [-0.15, -0.1) is 11.8 Å². The summed E-state index contributed by atoms with van der Waals surface area (Å²) in [5.74, 6) is 1.99. The summed E-state index contributed by atoms with van der Waals surface area (Å²) in [4.78, 5) is 11.8. The smallest absolute Gasteiger partial charge is 0.230 e. The van der Waals surface area contributed by atoms with Crippen molar-refractivity contribution in [3.8, 4) is 0 Å². The van der Waals surface area contributed by atoms with Crippen LogP contribution in [0.2, 0.25) is 5.02 Å². The first kappa shape index (κ1) is 14.7. The molecule has 1 fully saturated rings. The van der Waals surface area contributed by atoms with Crippen molar-refractivity contribution >= 4 is 29.3 Å². The third kappa shape index (κ3) is 5.05. The normalized spacial score (nSPS) is 16.1. The first-order valence-electron chi connectivity index (χ1n) is 6.50. The van der Waals surface area contributed by atoms with Crippen LogP contribution in [0, 0.1) is 5.92 Å². The van der Waals surface area contributed by atoms with E-state index >= 15 is 0 Å². The zero-order valence-corrected chi connectivity index (χ0v) is 12.3. The number of benzene rings is 1. The number of carbonyl (C=O) groups is 1. The van der Waals surface area contributed by atoms with Gasteiger partial charge in [0.15, 0.2) is 0 Å². The topological polar surface area (TPSA) is 55.1 Å². The minimum Gasteiger partial charge on any atom is -0.351 e. The van der Waals surface area contributed by atoms with E-state index in [2.05, 4.69) is 5.32 Å². The first-order valence-corrected chi connectivity index (χ1v) is 8.04. The van der Waals surface area contributed by atoms with Crippen molar-refractivity contribution in [2.75, 3.05) is 12.3 Å². The summed E-state index contributed by atoms with van der Waals surface area (Å²) in [6.45, 7) is 0.540. The Morgan fingerprint density at radius 2 is 2.11 bits per heavy atom. The van der Waals surface area contributed by atoms with Gasteiger partial charge in [-0.2, -0.15) is 0 Å². The molecular formula is C14H19ClN2OS. The molecule has 104 valence electrons. The third-order valence-electron chi connectivity index (χ3n) is 3.21. The van der Waals surface area contributed by atoms with Crippen LogP contribution in [0.3, 0.4) is 0 Å². The number of nitrogens with one attached hydrogen (secondary N) is 1. The molecular weight excluding hydrogens is 280 g/mol. The molecule has 0 bridgehead atoms. The maximum Gasteiger partial charge on any atom is 0.230 e. The number of nitrogens with two attached hydrogens (primary N) is 1. The predicted molar refractivity (Wildman–Crippen MR) is 81.3 cm³/mol. The lowest BCUT2D eigenvalue weighted by atomic mass is 10.2. The van der Waals surface area contributed by atoms with Gasteiger partial charge in [-0.3, -0.25) is 4.79 Å². The van der Waals surface area contributed by atoms with Crippen LogP contribution in [0.25, 0.3) is 0 Å². The lowest BCUT2D eigenvalue weighted by Crippen LogP contribution is -2.42. The highest BCUT2D eigenvalue weighted by Crippen LogP contribution is 2.32. The highest BCUT2D eigenvalue weighted by molar-refractivity contribution is 7.99. The maximum atomic E-state index is 11.8. The lowest BCUT2D eigenvalue weighted by Gasteiger charge is -2.15. The first-order chi connectivity index (χ1) is 9.19. The van der Waals surface area contributed by atoms with Crippen LogP contribution in [0.4, 0.5) is 0 Å². The van der Waals surface area contributed by atoms with Crippen LogP contribution in [-0.2, 0) is 10.5 Å². The summed E-state index contributed by atoms with van der Waals surface area (Å²) >= 11 is 7.43. The van der Waals surface area contributed by atoms with E-state index in [0.29, 0.717) is 18.2 Å². The van der Waals surface area contributed by atoms with Crippen LogP contribution in [0.15, 0.2) is 24.3 Å². The van der Waals surface area contributed by atoms with Gasteiger partial charge in [0.2, 0.25) is 5.91 Å². The van der Waals surface area contributed by atoms with Crippen molar-refractivity contribution < 1.29 is 4.79 Å². The second kappa shape index (κ2) is 7.17. The van der Waals surface area contributed by atoms with Gasteiger partial charge in [0.1, 0.15) is 0 Å². The fourth-order valence-electron chi connectivity index (χ4n) is 1.96. The summed E-state index contributed by atoms with van der Waals surface area (Å²) < 4.78 is 0. The van der Waals surface area contributed by atoms with Crippen molar-refractivity contribution in [1.82, 2.24) is 5.32 Å². The number of amides is 1. The summed E-state index contributed by atoms with van der Waals surface area (Å²) in [5, 5.41) is 3.76. The highest BCUT2D eigenvalue weighted by Gasteiger charge is 2.30. The number of carbonyl (C=O) groups excluding carboxylic acids is 1. The molecule has 1 aliphatic carbocycles. The fourth-order valence-corrected chi connectivity index (χ4v) is 2.88. The van der Waals surface area contributed by atoms with E-state index in [1.807, 2.05) is 24.3 Å². The zero-order chi connectivity index (χ0) is 13.7. The van der Waals surface area contributed by atoms with Gasteiger partial charge in [0.25, 0.3) is 0 Å². The standard InChI is InChI=1S/C14H19ClN2OS/c15-12-5-1-10(2-6-12)8-19-9-14(18)17-13(7-16)11-3-4-11/h1-2,5-6,11,13H,3-4,7-9,16H2,(H,17,18). The minimum absolute atomic E-state index is 0.0845. The van der Waals surface area contributed by atoms with E-state index in [-0.39, 0.29) is 11.9 Å². The molecule has 0 aromatic heterocycles. The Bertz CT molecular complexity index is 420. The quantitative estimate of drug-likeness (QED) is 0.813. The number of hydrogen-bond donors (Lipinski definition) is 2. The number of halogens is 1. The molecule has 1 aromatic rings. The Morgan fingerprint density at radius 1 is 1.42 bits per heavy atom. The van der Waals surface area contributed by atoms with Crippen molar-refractivity contribution in [3.05, 3.63) is 34.9 Å². The van der Waals surface area contributed by atoms with Gasteiger partial charge in [-0.25, -0.2) is 0 Å². The summed E-state index contributed by atoms with van der Waals surface area (Å²) in [7, 11) is 0. The van der Waals surface area contributed by atoms with Gasteiger partial charge in [0.05, 0.1) is 5.75 Å². The number of hydrogen-bond acceptors (Lipinski definition) is 3. The minimum atomic E-state index is 0.0845. The van der Waals surface area contributed by atoms with Crippen LogP contribution in [0.1, 0.15) is 18.4 Å². The molecule has 0 heterocycles. The molecule has 1 amide bonds. The van der Waals surface area contributed by atoms with Gasteiger partial charge in [-0.1, -0.05) is 23.7 Å². The van der Waals surface area contributed by atoms with Crippen LogP contribution in [0.5, 0.6) is 0 Å². The van der Waals surface area contributed by atoms with Crippen molar-refractivity contribution in [2.24, 2.45) is 11.7 Å². The Hall–Kier alpha value is -0.710. The molecule has 1 unspecified atom stereocenters. The Labute approximate surface area is 123 Å². The van der Waals surface area contributed by atoms with Crippen LogP contribution < -0.4 is 11.1 Å². The predicted octanol–water partition coefficient (Wildman–Crippen LogP) is 2.43. The molecule has 1 aliphatic rings. The SMILES string of the molecule is NCC(NC(=O)CSCc1ccc(Cl)cc1)C1CC1. The summed E-state index contributed by atoms with van der Waals surface area (Å²) in [5.41, 5.74) is 6.84. The van der Waals surface area contributed by atoms with Gasteiger partial charge in [-0.05, 0) is 36.5 Å². The maximum absolute atomic E-state index is 11.8. The second-order valence-corrected chi connectivity index (χ2v) is 6.29. The van der Waals surface area contributed by atoms with E-state index in [9.17, 15) is 4.79 Å². The lowest BCUT2D eigenvalue weighted by molar-refractivity contribution is -0.119. The van der Waals surface area contributed by atoms with E-state index in [1.54, 1.807) is 11.8 Å². The molecule has 1 atom stereocenters. The van der Waals surface area contributed by atoms with Gasteiger partial charge in [0, 0.05) is 23.4 Å². The molecule has 3 nitrogen and oxygen atoms in total. The molecule has 19 heavy (non-hydrogen) atoms. The summed E-state index contributed by atoms with van der Waals surface area (Å²) in [6, 6.07) is 7.88. The highest BCUT2D eigenvalue weighted by atomic mass is 35.5. The molecule has 2 rings (SSSR count). The Balaban J connectivity index is 1.67. The second-order valence-electron chi connectivity index (χ2n) is 4.87. The number of thioether (sulfide) groups is 1. The van der Waals surface area contributed by atoms with E-state index in [4.69, 9.17) is 17.3 Å². The molecule has 5 heteroatoms. The molecule has 0 radical (unpaired) electrons. The van der Waals surface area contributed by atoms with Crippen molar-refractivity contribution in [3.63, 3.8) is 0 Å². The molecule has 0 saturated heterocycles. The Kier molecular flexibility index (Phi) is 5.55. The number of rotatable bonds is 7. The monoisotopic (exact) mass is 298 g/mol. The molecule has 3 N–H and O–H groups in total. The average molecular weight is 299 g/mol. The van der Waals surface area contributed by atoms with Crippen LogP contribution >= 0.6 is 23.4 Å². The van der Waals surface area contributed by atoms with E-state index in [0.717, 1.165) is 10.8 Å². The largest absolute Gasteiger partial charge is 0.351 e. The molecule has 0 spiro atoms. The summed E-state index contributed by atoms with van der Waals surface area (Å²) in [6.07, 6.45) is 2.39. The Morgan fingerprint density at radius 3 is 2.68 bits per heavy atom. The molecule has 1 aromatic carbocycles. The van der Waals surface area contributed by atoms with Gasteiger partial charge < -0.3 is 11.1 Å². The van der Waals surface area contributed by atoms with Crippen LogP contribution in [-0.4, -0.2) is 24.2 Å². The van der Waals surface area contributed by atoms with E-state index in [1.165, 1.54) is 18.4 Å². The average Bonchev–Trinajstić information content (AvgIpc) is 3.23. The zero-order valence-electron chi connectivity index (χ0n) is 10.8. The third-order valence-corrected chi connectivity index (χ3v) is 4.46. The van der Waals surface area contributed by atoms with E-state index < -0.39 is 0 Å².